The zero-order valence-corrected chi connectivity index (χ0v) is 22.1. The number of aliphatic hydroxyl groups excluding tert-OH is 1. The average molecular weight is 538 g/mol. The molecule has 1 aliphatic rings. The normalized spacial score (nSPS) is 25.2. The van der Waals surface area contributed by atoms with Crippen LogP contribution in [0.5, 0.6) is 0 Å². The largest absolute Gasteiger partial charge is 0.462 e. The molecule has 202 valence electrons. The maximum Gasteiger partial charge on any atom is 0.323 e. The first-order valence-electron chi connectivity index (χ1n) is 11.6. The van der Waals surface area contributed by atoms with Gasteiger partial charge in [-0.2, -0.15) is 10.4 Å². The SMILES string of the molecule is CC(C)OC(=O)[C@H](C)N[PH](=O)OC[C@@]1(C#N)O[C@@H](c2ccc3c(N)ncnn23)[C@H](O)[C@@H]1OC(=O)C(C)C. The summed E-state index contributed by atoms with van der Waals surface area (Å²) in [4.78, 5) is 28.4. The number of ether oxygens (including phenoxy) is 3. The predicted molar refractivity (Wildman–Crippen MR) is 129 cm³/mol. The Morgan fingerprint density at radius 3 is 2.65 bits per heavy atom. The van der Waals surface area contributed by atoms with Crippen LogP contribution in [0.2, 0.25) is 0 Å². The number of hydrogen-bond acceptors (Lipinski definition) is 12. The molecule has 3 rings (SSSR count). The van der Waals surface area contributed by atoms with Crippen LogP contribution in [0.25, 0.3) is 5.52 Å². The molecule has 37 heavy (non-hydrogen) atoms. The van der Waals surface area contributed by atoms with Gasteiger partial charge in [-0.3, -0.25) is 14.2 Å². The first-order valence-corrected chi connectivity index (χ1v) is 12.9. The molecule has 1 aliphatic heterocycles. The van der Waals surface area contributed by atoms with E-state index >= 15 is 0 Å². The summed E-state index contributed by atoms with van der Waals surface area (Å²) in [7, 11) is -3.09. The highest BCUT2D eigenvalue weighted by Crippen LogP contribution is 2.43. The van der Waals surface area contributed by atoms with E-state index in [-0.39, 0.29) is 11.9 Å². The second-order valence-corrected chi connectivity index (χ2v) is 10.3. The molecular formula is C22H31N6O8P. The first-order chi connectivity index (χ1) is 17.4. The molecule has 14 nitrogen and oxygen atoms in total. The number of carbonyl (C=O) groups excluding carboxylic acids is 2. The van der Waals surface area contributed by atoms with Gasteiger partial charge in [0.2, 0.25) is 5.60 Å². The molecule has 0 bridgehead atoms. The molecule has 2 aromatic rings. The van der Waals surface area contributed by atoms with E-state index < -0.39 is 62.6 Å². The number of aliphatic hydroxyl groups is 1. The number of fused-ring (bicyclic) bond motifs is 1. The Morgan fingerprint density at radius 2 is 2.03 bits per heavy atom. The fraction of sp³-hybridized carbons (Fsp3) is 0.591. The van der Waals surface area contributed by atoms with E-state index in [0.717, 1.165) is 0 Å². The van der Waals surface area contributed by atoms with Gasteiger partial charge in [0.25, 0.3) is 8.18 Å². The molecule has 0 spiro atoms. The van der Waals surface area contributed by atoms with Crippen molar-refractivity contribution in [1.82, 2.24) is 19.7 Å². The summed E-state index contributed by atoms with van der Waals surface area (Å²) in [6.07, 6.45) is -3.36. The number of rotatable bonds is 10. The Balaban J connectivity index is 1.86. The van der Waals surface area contributed by atoms with Crippen molar-refractivity contribution in [3.63, 3.8) is 0 Å². The van der Waals surface area contributed by atoms with Gasteiger partial charge in [-0.25, -0.2) is 14.6 Å². The molecule has 6 atom stereocenters. The maximum absolute atomic E-state index is 12.6. The second-order valence-electron chi connectivity index (χ2n) is 9.17. The van der Waals surface area contributed by atoms with Crippen molar-refractivity contribution in [3.05, 3.63) is 24.2 Å². The molecular weight excluding hydrogens is 507 g/mol. The lowest BCUT2D eigenvalue weighted by Crippen LogP contribution is -2.48. The van der Waals surface area contributed by atoms with Crippen LogP contribution in [0.15, 0.2) is 18.5 Å². The summed E-state index contributed by atoms with van der Waals surface area (Å²) in [6.45, 7) is 7.33. The summed E-state index contributed by atoms with van der Waals surface area (Å²) < 4.78 is 35.8. The molecule has 15 heteroatoms. The van der Waals surface area contributed by atoms with Crippen LogP contribution >= 0.6 is 8.18 Å². The third-order valence-corrected chi connectivity index (χ3v) is 6.66. The molecule has 2 aromatic heterocycles. The zero-order chi connectivity index (χ0) is 27.5. The Labute approximate surface area is 213 Å². The minimum Gasteiger partial charge on any atom is -0.462 e. The number of nitrogen functional groups attached to an aromatic ring is 1. The summed E-state index contributed by atoms with van der Waals surface area (Å²) >= 11 is 0. The lowest BCUT2D eigenvalue weighted by atomic mass is 9.95. The number of nitriles is 1. The van der Waals surface area contributed by atoms with Crippen molar-refractivity contribution in [1.29, 1.82) is 5.26 Å². The highest BCUT2D eigenvalue weighted by Gasteiger charge is 2.59. The summed E-state index contributed by atoms with van der Waals surface area (Å²) in [5.41, 5.74) is 4.60. The Bertz CT molecular complexity index is 1210. The molecule has 0 aromatic carbocycles. The predicted octanol–water partition coefficient (Wildman–Crippen LogP) is 0.910. The molecule has 0 aliphatic carbocycles. The van der Waals surface area contributed by atoms with Crippen LogP contribution in [0, 0.1) is 17.2 Å². The first kappa shape index (κ1) is 28.5. The van der Waals surface area contributed by atoms with Gasteiger partial charge in [-0.15, -0.1) is 0 Å². The monoisotopic (exact) mass is 538 g/mol. The van der Waals surface area contributed by atoms with E-state index in [1.165, 1.54) is 17.8 Å². The van der Waals surface area contributed by atoms with Crippen LogP contribution in [-0.2, 0) is 32.9 Å². The number of aromatic nitrogens is 3. The lowest BCUT2D eigenvalue weighted by molar-refractivity contribution is -0.164. The third-order valence-electron chi connectivity index (χ3n) is 5.58. The van der Waals surface area contributed by atoms with E-state index in [2.05, 4.69) is 15.2 Å². The van der Waals surface area contributed by atoms with Crippen LogP contribution < -0.4 is 10.8 Å². The summed E-state index contributed by atoms with van der Waals surface area (Å²) in [6, 6.07) is 4.15. The van der Waals surface area contributed by atoms with Crippen LogP contribution in [0.3, 0.4) is 0 Å². The molecule has 0 amide bonds. The van der Waals surface area contributed by atoms with Crippen LogP contribution in [0.1, 0.15) is 46.4 Å². The van der Waals surface area contributed by atoms with Gasteiger partial charge < -0.3 is 29.6 Å². The molecule has 3 heterocycles. The minimum absolute atomic E-state index is 0.182. The third kappa shape index (κ3) is 6.08. The van der Waals surface area contributed by atoms with Gasteiger partial charge in [-0.05, 0) is 32.9 Å². The van der Waals surface area contributed by atoms with Crippen LogP contribution in [-0.4, -0.2) is 68.2 Å². The van der Waals surface area contributed by atoms with Crippen molar-refractivity contribution in [2.24, 2.45) is 5.92 Å². The highest BCUT2D eigenvalue weighted by molar-refractivity contribution is 7.36. The quantitative estimate of drug-likeness (QED) is 0.285. The summed E-state index contributed by atoms with van der Waals surface area (Å²) in [5, 5.41) is 27.9. The summed E-state index contributed by atoms with van der Waals surface area (Å²) in [5.74, 6) is -1.71. The smallest absolute Gasteiger partial charge is 0.323 e. The zero-order valence-electron chi connectivity index (χ0n) is 21.1. The number of anilines is 1. The van der Waals surface area contributed by atoms with E-state index in [1.807, 2.05) is 6.07 Å². The van der Waals surface area contributed by atoms with Gasteiger partial charge >= 0.3 is 11.9 Å². The van der Waals surface area contributed by atoms with Gasteiger partial charge in [0, 0.05) is 0 Å². The number of nitrogens with two attached hydrogens (primary N) is 1. The average Bonchev–Trinajstić information content (AvgIpc) is 3.38. The molecule has 1 saturated heterocycles. The highest BCUT2D eigenvalue weighted by atomic mass is 31.1. The molecule has 4 N–H and O–H groups in total. The number of esters is 2. The Morgan fingerprint density at radius 1 is 1.32 bits per heavy atom. The maximum atomic E-state index is 12.6. The van der Waals surface area contributed by atoms with Crippen LogP contribution in [0.4, 0.5) is 5.82 Å². The van der Waals surface area contributed by atoms with Crippen molar-refractivity contribution < 1.29 is 38.0 Å². The fourth-order valence-corrected chi connectivity index (χ4v) is 4.57. The topological polar surface area (TPSA) is 200 Å². The Hall–Kier alpha value is -3.08. The number of hydrogen-bond donors (Lipinski definition) is 3. The lowest BCUT2D eigenvalue weighted by Gasteiger charge is -2.28. The van der Waals surface area contributed by atoms with Gasteiger partial charge in [0.1, 0.15) is 42.8 Å². The van der Waals surface area contributed by atoms with E-state index in [4.69, 9.17) is 24.5 Å². The second kappa shape index (κ2) is 11.5. The number of carbonyl (C=O) groups is 2. The van der Waals surface area contributed by atoms with Gasteiger partial charge in [0.15, 0.2) is 11.9 Å². The Kier molecular flexibility index (Phi) is 8.88. The molecule has 0 radical (unpaired) electrons. The van der Waals surface area contributed by atoms with Gasteiger partial charge in [0.05, 0.1) is 17.7 Å². The van der Waals surface area contributed by atoms with Crippen molar-refractivity contribution in [3.8, 4) is 6.07 Å². The van der Waals surface area contributed by atoms with E-state index in [0.29, 0.717) is 11.2 Å². The number of nitrogens with zero attached hydrogens (tertiary/aromatic N) is 4. The molecule has 1 unspecified atom stereocenters. The van der Waals surface area contributed by atoms with E-state index in [1.54, 1.807) is 39.8 Å². The van der Waals surface area contributed by atoms with Crippen molar-refractivity contribution >= 4 is 31.5 Å². The van der Waals surface area contributed by atoms with Crippen molar-refractivity contribution in [2.75, 3.05) is 12.3 Å². The standard InChI is InChI=1S/C22H31N6O8P/c1-11(2)20(30)35-18-16(29)17(14-6-7-15-19(24)25-10-26-28(14)15)36-22(18,8-23)9-33-37(32)27-13(5)21(31)34-12(3)4/h6-7,10-13,16-18,29,37H,9H2,1-5H3,(H,27,32)(H2,24,25,26)/t13-,16-,17-,18-,22+/m0/s1. The molecule has 1 fully saturated rings. The number of nitrogens with one attached hydrogen (secondary N) is 1. The van der Waals surface area contributed by atoms with E-state index in [9.17, 15) is 24.5 Å². The minimum atomic E-state index is -3.09. The van der Waals surface area contributed by atoms with Crippen molar-refractivity contribution in [2.45, 2.75) is 70.7 Å². The molecule has 0 saturated carbocycles. The fourth-order valence-electron chi connectivity index (χ4n) is 3.67. The van der Waals surface area contributed by atoms with Gasteiger partial charge in [-0.1, -0.05) is 13.8 Å².